The molecule has 150 valence electrons. The van der Waals surface area contributed by atoms with Gasteiger partial charge < -0.3 is 9.80 Å². The Kier molecular flexibility index (Phi) is 5.28. The van der Waals surface area contributed by atoms with Gasteiger partial charge in [-0.15, -0.1) is 5.10 Å². The van der Waals surface area contributed by atoms with Crippen LogP contribution in [0.2, 0.25) is 5.02 Å². The van der Waals surface area contributed by atoms with E-state index < -0.39 is 0 Å². The average molecular weight is 410 g/mol. The van der Waals surface area contributed by atoms with Crippen LogP contribution in [0.1, 0.15) is 27.2 Å². The smallest absolute Gasteiger partial charge is 0.276 e. The number of piperazine rings is 1. The predicted octanol–water partition coefficient (Wildman–Crippen LogP) is 3.81. The van der Waals surface area contributed by atoms with Gasteiger partial charge in [-0.05, 0) is 61.7 Å². The maximum atomic E-state index is 12.9. The lowest BCUT2D eigenvalue weighted by atomic mass is 10.1. The second kappa shape index (κ2) is 7.87. The summed E-state index contributed by atoms with van der Waals surface area (Å²) in [5.74, 6) is -0.0810. The lowest BCUT2D eigenvalue weighted by Gasteiger charge is -2.36. The van der Waals surface area contributed by atoms with E-state index in [0.717, 1.165) is 29.5 Å². The second-order valence-electron chi connectivity index (χ2n) is 7.53. The summed E-state index contributed by atoms with van der Waals surface area (Å²) in [6, 6.07) is 12.0. The van der Waals surface area contributed by atoms with Crippen LogP contribution in [0.15, 0.2) is 42.6 Å². The number of aromatic nitrogens is 3. The van der Waals surface area contributed by atoms with E-state index in [1.165, 1.54) is 16.7 Å². The molecule has 0 radical (unpaired) electrons. The number of amides is 1. The number of aryl methyl sites for hydroxylation is 3. The lowest BCUT2D eigenvalue weighted by Crippen LogP contribution is -2.49. The minimum absolute atomic E-state index is 0.0810. The number of anilines is 1. The highest BCUT2D eigenvalue weighted by molar-refractivity contribution is 6.30. The van der Waals surface area contributed by atoms with Gasteiger partial charge in [0.05, 0.1) is 11.9 Å². The summed E-state index contributed by atoms with van der Waals surface area (Å²) in [6.07, 6.45) is 1.71. The van der Waals surface area contributed by atoms with E-state index in [1.807, 2.05) is 41.3 Å². The number of hydrogen-bond acceptors (Lipinski definition) is 4. The molecule has 1 fully saturated rings. The molecule has 0 bridgehead atoms. The molecule has 1 amide bonds. The maximum absolute atomic E-state index is 12.9. The van der Waals surface area contributed by atoms with Crippen LogP contribution in [0.5, 0.6) is 0 Å². The average Bonchev–Trinajstić information content (AvgIpc) is 3.22. The van der Waals surface area contributed by atoms with E-state index in [9.17, 15) is 4.79 Å². The van der Waals surface area contributed by atoms with E-state index in [2.05, 4.69) is 36.0 Å². The van der Waals surface area contributed by atoms with Crippen LogP contribution in [0.25, 0.3) is 5.69 Å². The Bertz CT molecular complexity index is 1050. The molecule has 1 aliphatic rings. The summed E-state index contributed by atoms with van der Waals surface area (Å²) in [7, 11) is 0. The van der Waals surface area contributed by atoms with Crippen molar-refractivity contribution in [1.29, 1.82) is 0 Å². The van der Waals surface area contributed by atoms with Crippen molar-refractivity contribution in [3.63, 3.8) is 0 Å². The van der Waals surface area contributed by atoms with Gasteiger partial charge in [0.25, 0.3) is 5.91 Å². The van der Waals surface area contributed by atoms with E-state index in [1.54, 1.807) is 10.9 Å². The molecule has 1 aliphatic heterocycles. The maximum Gasteiger partial charge on any atom is 0.276 e. The molecule has 7 heteroatoms. The standard InChI is InChI=1S/C22H24ClN5O/c1-15-5-7-19(12-17(15)3)28-14-20(24-25-28)22(29)27-10-8-26(9-11-27)21-13-18(23)6-4-16(21)2/h4-7,12-14H,8-11H2,1-3H3. The van der Waals surface area contributed by atoms with Crippen LogP contribution >= 0.6 is 11.6 Å². The van der Waals surface area contributed by atoms with Crippen LogP contribution in [-0.4, -0.2) is 52.0 Å². The fraction of sp³-hybridized carbons (Fsp3) is 0.318. The Morgan fingerprint density at radius 3 is 2.38 bits per heavy atom. The quantitative estimate of drug-likeness (QED) is 0.660. The summed E-state index contributed by atoms with van der Waals surface area (Å²) in [5.41, 5.74) is 5.99. The number of benzene rings is 2. The van der Waals surface area contributed by atoms with E-state index in [4.69, 9.17) is 11.6 Å². The van der Waals surface area contributed by atoms with Gasteiger partial charge in [-0.25, -0.2) is 4.68 Å². The zero-order chi connectivity index (χ0) is 20.5. The molecule has 0 spiro atoms. The fourth-order valence-electron chi connectivity index (χ4n) is 3.59. The number of rotatable bonds is 3. The molecule has 0 atom stereocenters. The van der Waals surface area contributed by atoms with Gasteiger partial charge in [0.2, 0.25) is 0 Å². The van der Waals surface area contributed by atoms with E-state index >= 15 is 0 Å². The third-order valence-electron chi connectivity index (χ3n) is 5.55. The fourth-order valence-corrected chi connectivity index (χ4v) is 3.76. The first kappa shape index (κ1) is 19.5. The molecule has 0 unspecified atom stereocenters. The molecule has 29 heavy (non-hydrogen) atoms. The number of carbonyl (C=O) groups is 1. The third-order valence-corrected chi connectivity index (χ3v) is 5.78. The Morgan fingerprint density at radius 2 is 1.66 bits per heavy atom. The first-order chi connectivity index (χ1) is 13.9. The SMILES string of the molecule is Cc1ccc(-n2cc(C(=O)N3CCN(c4cc(Cl)ccc4C)CC3)nn2)cc1C. The second-order valence-corrected chi connectivity index (χ2v) is 7.96. The highest BCUT2D eigenvalue weighted by Crippen LogP contribution is 2.25. The Labute approximate surface area is 175 Å². The summed E-state index contributed by atoms with van der Waals surface area (Å²) in [5, 5.41) is 8.99. The molecule has 4 rings (SSSR count). The Hall–Kier alpha value is -2.86. The van der Waals surface area contributed by atoms with Gasteiger partial charge in [-0.1, -0.05) is 28.9 Å². The van der Waals surface area contributed by atoms with E-state index in [0.29, 0.717) is 18.8 Å². The summed E-state index contributed by atoms with van der Waals surface area (Å²) in [6.45, 7) is 9.01. The van der Waals surface area contributed by atoms with Crippen LogP contribution < -0.4 is 4.90 Å². The largest absolute Gasteiger partial charge is 0.368 e. The zero-order valence-corrected chi connectivity index (χ0v) is 17.6. The molecular formula is C22H24ClN5O. The number of hydrogen-bond donors (Lipinski definition) is 0. The van der Waals surface area contributed by atoms with Crippen molar-refractivity contribution in [1.82, 2.24) is 19.9 Å². The van der Waals surface area contributed by atoms with Crippen LogP contribution in [-0.2, 0) is 0 Å². The third kappa shape index (κ3) is 3.98. The lowest BCUT2D eigenvalue weighted by molar-refractivity contribution is 0.0740. The summed E-state index contributed by atoms with van der Waals surface area (Å²) >= 11 is 6.16. The van der Waals surface area contributed by atoms with Crippen molar-refractivity contribution in [3.05, 3.63) is 70.0 Å². The molecule has 1 aromatic heterocycles. The van der Waals surface area contributed by atoms with Gasteiger partial charge in [0.1, 0.15) is 0 Å². The predicted molar refractivity (Wildman–Crippen MR) is 115 cm³/mol. The van der Waals surface area contributed by atoms with Gasteiger partial charge in [0, 0.05) is 36.9 Å². The van der Waals surface area contributed by atoms with Crippen molar-refractivity contribution in [2.75, 3.05) is 31.1 Å². The van der Waals surface area contributed by atoms with Crippen molar-refractivity contribution in [2.24, 2.45) is 0 Å². The molecule has 0 N–H and O–H groups in total. The summed E-state index contributed by atoms with van der Waals surface area (Å²) in [4.78, 5) is 17.0. The highest BCUT2D eigenvalue weighted by atomic mass is 35.5. The topological polar surface area (TPSA) is 54.3 Å². The number of carbonyl (C=O) groups excluding carboxylic acids is 1. The normalized spacial score (nSPS) is 14.3. The highest BCUT2D eigenvalue weighted by Gasteiger charge is 2.25. The van der Waals surface area contributed by atoms with Crippen LogP contribution in [0, 0.1) is 20.8 Å². The molecule has 3 aromatic rings. The van der Waals surface area contributed by atoms with Crippen LogP contribution in [0.4, 0.5) is 5.69 Å². The molecule has 2 aromatic carbocycles. The van der Waals surface area contributed by atoms with Crippen molar-refractivity contribution in [2.45, 2.75) is 20.8 Å². The Balaban J connectivity index is 1.44. The van der Waals surface area contributed by atoms with Gasteiger partial charge in [-0.3, -0.25) is 4.79 Å². The van der Waals surface area contributed by atoms with Gasteiger partial charge >= 0.3 is 0 Å². The zero-order valence-electron chi connectivity index (χ0n) is 16.9. The van der Waals surface area contributed by atoms with Gasteiger partial charge in [-0.2, -0.15) is 0 Å². The monoisotopic (exact) mass is 409 g/mol. The van der Waals surface area contributed by atoms with Crippen LogP contribution in [0.3, 0.4) is 0 Å². The first-order valence-electron chi connectivity index (χ1n) is 9.73. The number of halogens is 1. The molecule has 2 heterocycles. The minimum atomic E-state index is -0.0810. The summed E-state index contributed by atoms with van der Waals surface area (Å²) < 4.78 is 1.66. The van der Waals surface area contributed by atoms with Crippen molar-refractivity contribution in [3.8, 4) is 5.69 Å². The van der Waals surface area contributed by atoms with Gasteiger partial charge in [0.15, 0.2) is 5.69 Å². The Morgan fingerprint density at radius 1 is 0.931 bits per heavy atom. The minimum Gasteiger partial charge on any atom is -0.368 e. The number of nitrogens with zero attached hydrogens (tertiary/aromatic N) is 5. The van der Waals surface area contributed by atoms with Crippen molar-refractivity contribution >= 4 is 23.2 Å². The first-order valence-corrected chi connectivity index (χ1v) is 10.1. The molecular weight excluding hydrogens is 386 g/mol. The molecule has 0 aliphatic carbocycles. The molecule has 1 saturated heterocycles. The molecule has 0 saturated carbocycles. The van der Waals surface area contributed by atoms with E-state index in [-0.39, 0.29) is 5.91 Å². The molecule has 6 nitrogen and oxygen atoms in total. The van der Waals surface area contributed by atoms with Crippen molar-refractivity contribution < 1.29 is 4.79 Å².